The van der Waals surface area contributed by atoms with Gasteiger partial charge in [0.15, 0.2) is 0 Å². The summed E-state index contributed by atoms with van der Waals surface area (Å²) in [5, 5.41) is 7.56. The number of anilines is 2. The summed E-state index contributed by atoms with van der Waals surface area (Å²) in [4.78, 5) is 19.8. The highest BCUT2D eigenvalue weighted by atomic mass is 35.5. The minimum absolute atomic E-state index is 0.184. The number of aromatic nitrogens is 2. The van der Waals surface area contributed by atoms with Gasteiger partial charge in [0.25, 0.3) is 0 Å². The van der Waals surface area contributed by atoms with Gasteiger partial charge in [-0.1, -0.05) is 23.7 Å². The van der Waals surface area contributed by atoms with E-state index in [0.29, 0.717) is 63.7 Å². The maximum atomic E-state index is 13.5. The topological polar surface area (TPSA) is 125 Å². The maximum Gasteiger partial charge on any atom is 0.218 e. The maximum absolute atomic E-state index is 13.5. The average Bonchev–Trinajstić information content (AvgIpc) is 3.43. The van der Waals surface area contributed by atoms with Crippen molar-refractivity contribution in [2.24, 2.45) is 5.73 Å². The molecule has 9 nitrogen and oxygen atoms in total. The fraction of sp³-hybridized carbons (Fsp3) is 0.167. The minimum Gasteiger partial charge on any atom is -0.496 e. The molecule has 0 saturated heterocycles. The number of fused-ring (bicyclic) bond motifs is 1. The highest BCUT2D eigenvalue weighted by Gasteiger charge is 2.16. The lowest BCUT2D eigenvalue weighted by Gasteiger charge is -2.13. The summed E-state index contributed by atoms with van der Waals surface area (Å²) in [7, 11) is 1.58. The van der Waals surface area contributed by atoms with Gasteiger partial charge >= 0.3 is 0 Å². The van der Waals surface area contributed by atoms with Crippen LogP contribution < -0.4 is 25.8 Å². The molecule has 5 aromatic rings. The number of primary amides is 1. The molecule has 210 valence electrons. The molecule has 0 bridgehead atoms. The number of ether oxygens (including phenoxy) is 2. The predicted molar refractivity (Wildman–Crippen MR) is 155 cm³/mol. The van der Waals surface area contributed by atoms with E-state index < -0.39 is 0 Å². The Hall–Kier alpha value is -4.67. The lowest BCUT2D eigenvalue weighted by atomic mass is 10.1. The van der Waals surface area contributed by atoms with Crippen molar-refractivity contribution in [1.82, 2.24) is 15.3 Å². The van der Waals surface area contributed by atoms with Gasteiger partial charge in [-0.3, -0.25) is 4.79 Å². The van der Waals surface area contributed by atoms with Crippen molar-refractivity contribution in [2.45, 2.75) is 19.6 Å². The molecule has 2 aromatic heterocycles. The summed E-state index contributed by atoms with van der Waals surface area (Å²) in [6.45, 7) is 1.09. The van der Waals surface area contributed by atoms with E-state index >= 15 is 0 Å². The summed E-state index contributed by atoms with van der Waals surface area (Å²) in [5.74, 6) is 2.24. The third-order valence-corrected chi connectivity index (χ3v) is 6.50. The number of nitrogens with two attached hydrogens (primary N) is 1. The number of halogens is 2. The number of benzene rings is 3. The SMILES string of the molecule is COc1cc2ncnc(Nc3ccc(OCc4cccc(F)c4)c(Cl)c3)c2cc1-c1ccc(CNCCC(N)=O)o1. The van der Waals surface area contributed by atoms with Crippen LogP contribution >= 0.6 is 11.6 Å². The summed E-state index contributed by atoms with van der Waals surface area (Å²) in [6.07, 6.45) is 1.71. The summed E-state index contributed by atoms with van der Waals surface area (Å²) < 4.78 is 30.9. The molecule has 0 atom stereocenters. The highest BCUT2D eigenvalue weighted by Crippen LogP contribution is 2.37. The Morgan fingerprint density at radius 1 is 1.07 bits per heavy atom. The molecular formula is C30H27ClFN5O4. The van der Waals surface area contributed by atoms with E-state index in [1.54, 1.807) is 31.4 Å². The number of carbonyl (C=O) groups excluding carboxylic acids is 1. The van der Waals surface area contributed by atoms with Gasteiger partial charge in [-0.05, 0) is 54.1 Å². The second kappa shape index (κ2) is 12.7. The monoisotopic (exact) mass is 575 g/mol. The number of hydrogen-bond acceptors (Lipinski definition) is 8. The first-order chi connectivity index (χ1) is 19.9. The van der Waals surface area contributed by atoms with Gasteiger partial charge < -0.3 is 30.3 Å². The molecule has 5 rings (SSSR count). The first kappa shape index (κ1) is 27.9. The second-order valence-corrected chi connectivity index (χ2v) is 9.55. The minimum atomic E-state index is -0.363. The van der Waals surface area contributed by atoms with E-state index in [1.165, 1.54) is 18.5 Å². The van der Waals surface area contributed by atoms with Crippen molar-refractivity contribution >= 4 is 39.9 Å². The fourth-order valence-corrected chi connectivity index (χ4v) is 4.44. The van der Waals surface area contributed by atoms with Crippen molar-refractivity contribution < 1.29 is 23.1 Å². The summed E-state index contributed by atoms with van der Waals surface area (Å²) >= 11 is 6.49. The van der Waals surface area contributed by atoms with Gasteiger partial charge in [0.2, 0.25) is 5.91 Å². The fourth-order valence-electron chi connectivity index (χ4n) is 4.21. The largest absolute Gasteiger partial charge is 0.496 e. The highest BCUT2D eigenvalue weighted by molar-refractivity contribution is 6.32. The molecule has 0 unspecified atom stereocenters. The van der Waals surface area contributed by atoms with Gasteiger partial charge in [0, 0.05) is 30.1 Å². The molecule has 41 heavy (non-hydrogen) atoms. The molecule has 2 heterocycles. The van der Waals surface area contributed by atoms with Crippen molar-refractivity contribution in [3.05, 3.63) is 95.2 Å². The van der Waals surface area contributed by atoms with Gasteiger partial charge in [-0.15, -0.1) is 0 Å². The smallest absolute Gasteiger partial charge is 0.218 e. The Labute approximate surface area is 240 Å². The Bertz CT molecular complexity index is 1690. The van der Waals surface area contributed by atoms with Crippen LogP contribution in [0.1, 0.15) is 17.7 Å². The standard InChI is InChI=1S/C30H27ClFN5O4/c1-39-28-14-25-22(13-23(28)26-8-6-21(41-26)15-34-10-9-29(33)38)30(36-17-35-25)37-20-5-7-27(24(31)12-20)40-16-18-3-2-4-19(32)11-18/h2-8,11-14,17,34H,9-10,15-16H2,1H3,(H2,33,38)(H,35,36,37). The van der Waals surface area contributed by atoms with Crippen molar-refractivity contribution in [3.8, 4) is 22.8 Å². The molecule has 0 fully saturated rings. The summed E-state index contributed by atoms with van der Waals surface area (Å²) in [5.41, 5.74) is 7.97. The van der Waals surface area contributed by atoms with Crippen LogP contribution in [0.25, 0.3) is 22.2 Å². The van der Waals surface area contributed by atoms with Crippen LogP contribution in [0.5, 0.6) is 11.5 Å². The molecular weight excluding hydrogens is 549 g/mol. The second-order valence-electron chi connectivity index (χ2n) is 9.14. The summed E-state index contributed by atoms with van der Waals surface area (Å²) in [6, 6.07) is 18.9. The van der Waals surface area contributed by atoms with Gasteiger partial charge in [-0.2, -0.15) is 0 Å². The zero-order chi connectivity index (χ0) is 28.8. The van der Waals surface area contributed by atoms with Crippen LogP contribution in [0.15, 0.2) is 77.5 Å². The van der Waals surface area contributed by atoms with E-state index in [2.05, 4.69) is 20.6 Å². The van der Waals surface area contributed by atoms with Gasteiger partial charge in [0.1, 0.15) is 47.6 Å². The number of rotatable bonds is 12. The predicted octanol–water partition coefficient (Wildman–Crippen LogP) is 5.98. The normalized spacial score (nSPS) is 11.0. The number of amides is 1. The van der Waals surface area contributed by atoms with Crippen LogP contribution in [0.3, 0.4) is 0 Å². The first-order valence-electron chi connectivity index (χ1n) is 12.7. The van der Waals surface area contributed by atoms with Crippen molar-refractivity contribution in [3.63, 3.8) is 0 Å². The number of hydrogen-bond donors (Lipinski definition) is 3. The molecule has 0 spiro atoms. The Kier molecular flexibility index (Phi) is 8.61. The number of nitrogens with zero attached hydrogens (tertiary/aromatic N) is 2. The average molecular weight is 576 g/mol. The van der Waals surface area contributed by atoms with Crippen LogP contribution in [-0.2, 0) is 17.9 Å². The molecule has 0 aliphatic heterocycles. The zero-order valence-electron chi connectivity index (χ0n) is 22.1. The van der Waals surface area contributed by atoms with E-state index in [0.717, 1.165) is 10.9 Å². The van der Waals surface area contributed by atoms with E-state index in [9.17, 15) is 9.18 Å². The Morgan fingerprint density at radius 3 is 2.73 bits per heavy atom. The Morgan fingerprint density at radius 2 is 1.95 bits per heavy atom. The van der Waals surface area contributed by atoms with Crippen LogP contribution in [0, 0.1) is 5.82 Å². The molecule has 0 aliphatic rings. The molecule has 4 N–H and O–H groups in total. The lowest BCUT2D eigenvalue weighted by Crippen LogP contribution is -2.21. The number of carbonyl (C=O) groups is 1. The molecule has 0 aliphatic carbocycles. The number of furan rings is 1. The molecule has 0 radical (unpaired) electrons. The molecule has 3 aromatic carbocycles. The van der Waals surface area contributed by atoms with Gasteiger partial charge in [0.05, 0.1) is 29.8 Å². The number of methoxy groups -OCH3 is 1. The molecule has 1 amide bonds. The third kappa shape index (κ3) is 6.92. The van der Waals surface area contributed by atoms with Crippen LogP contribution in [0.2, 0.25) is 5.02 Å². The Balaban J connectivity index is 1.36. The third-order valence-electron chi connectivity index (χ3n) is 6.21. The van der Waals surface area contributed by atoms with E-state index in [-0.39, 0.29) is 24.8 Å². The zero-order valence-corrected chi connectivity index (χ0v) is 22.9. The van der Waals surface area contributed by atoms with Gasteiger partial charge in [-0.25, -0.2) is 14.4 Å². The van der Waals surface area contributed by atoms with E-state index in [4.69, 9.17) is 31.2 Å². The molecule has 0 saturated carbocycles. The van der Waals surface area contributed by atoms with E-state index in [1.807, 2.05) is 30.3 Å². The first-order valence-corrected chi connectivity index (χ1v) is 13.1. The molecule has 11 heteroatoms. The number of nitrogens with one attached hydrogen (secondary N) is 2. The quantitative estimate of drug-likeness (QED) is 0.155. The van der Waals surface area contributed by atoms with Crippen molar-refractivity contribution in [1.29, 1.82) is 0 Å². The lowest BCUT2D eigenvalue weighted by molar-refractivity contribution is -0.117. The van der Waals surface area contributed by atoms with Crippen molar-refractivity contribution in [2.75, 3.05) is 19.0 Å². The van der Waals surface area contributed by atoms with Crippen LogP contribution in [-0.4, -0.2) is 29.5 Å². The van der Waals surface area contributed by atoms with Crippen LogP contribution in [0.4, 0.5) is 15.9 Å².